The third-order valence-electron chi connectivity index (χ3n) is 5.36. The van der Waals surface area contributed by atoms with Crippen LogP contribution in [-0.2, 0) is 14.2 Å². The van der Waals surface area contributed by atoms with Crippen molar-refractivity contribution < 1.29 is 64.2 Å². The van der Waals surface area contributed by atoms with Crippen LogP contribution in [0.5, 0.6) is 23.0 Å². The molecule has 182 valence electrons. The molecule has 13 heteroatoms. The average molecular weight is 464 g/mol. The van der Waals surface area contributed by atoms with E-state index in [9.17, 15) is 35.7 Å². The van der Waals surface area contributed by atoms with E-state index in [1.165, 1.54) is 26.4 Å². The van der Waals surface area contributed by atoms with Crippen molar-refractivity contribution >= 4 is 0 Å². The number of rotatable bonds is 8. The molecule has 0 aliphatic carbocycles. The van der Waals surface area contributed by atoms with E-state index in [1.807, 2.05) is 0 Å². The Morgan fingerprint density at radius 1 is 1.03 bits per heavy atom. The first-order valence-electron chi connectivity index (χ1n) is 9.71. The van der Waals surface area contributed by atoms with Gasteiger partial charge in [0.05, 0.1) is 34.0 Å². The first-order valence-corrected chi connectivity index (χ1v) is 9.71. The number of hydrogen-bond donors (Lipinski definition) is 7. The van der Waals surface area contributed by atoms with E-state index in [0.717, 1.165) is 0 Å². The molecule has 1 aromatic carbocycles. The van der Waals surface area contributed by atoms with E-state index >= 15 is 0 Å². The van der Waals surface area contributed by atoms with Crippen LogP contribution in [0.25, 0.3) is 0 Å². The van der Waals surface area contributed by atoms with Crippen LogP contribution in [-0.4, -0.2) is 118 Å². The molecule has 0 bridgehead atoms. The number of ether oxygens (including phenoxy) is 6. The zero-order chi connectivity index (χ0) is 23.6. The third kappa shape index (κ3) is 4.57. The quantitative estimate of drug-likeness (QED) is 0.206. The van der Waals surface area contributed by atoms with Gasteiger partial charge in [-0.1, -0.05) is 0 Å². The molecule has 0 unspecified atom stereocenters. The van der Waals surface area contributed by atoms with Gasteiger partial charge < -0.3 is 64.2 Å². The maximum Gasteiger partial charge on any atom is 0.229 e. The van der Waals surface area contributed by atoms with Gasteiger partial charge in [0, 0.05) is 12.1 Å². The number of aliphatic hydroxyl groups is 6. The normalized spacial score (nSPS) is 37.3. The van der Waals surface area contributed by atoms with Crippen LogP contribution in [0.1, 0.15) is 0 Å². The summed E-state index contributed by atoms with van der Waals surface area (Å²) in [5, 5.41) is 70.2. The topological polar surface area (TPSA) is 197 Å². The van der Waals surface area contributed by atoms with Crippen LogP contribution >= 0.6 is 0 Å². The minimum Gasteiger partial charge on any atom is -0.508 e. The number of aliphatic hydroxyl groups excluding tert-OH is 5. The zero-order valence-electron chi connectivity index (χ0n) is 17.4. The molecule has 0 radical (unpaired) electrons. The molecule has 2 heterocycles. The zero-order valence-corrected chi connectivity index (χ0v) is 17.4. The Kier molecular flexibility index (Phi) is 7.65. The molecule has 0 amide bonds. The van der Waals surface area contributed by atoms with Crippen LogP contribution in [0.2, 0.25) is 0 Å². The highest BCUT2D eigenvalue weighted by Crippen LogP contribution is 2.42. The van der Waals surface area contributed by atoms with Crippen molar-refractivity contribution in [1.29, 1.82) is 0 Å². The van der Waals surface area contributed by atoms with E-state index in [1.54, 1.807) is 0 Å². The fourth-order valence-corrected chi connectivity index (χ4v) is 3.51. The van der Waals surface area contributed by atoms with Gasteiger partial charge in [-0.15, -0.1) is 0 Å². The summed E-state index contributed by atoms with van der Waals surface area (Å²) in [6.07, 6.45) is -10.7. The standard InChI is InChI=1S/C19H28O13/c1-27-9-3-8(22)4-10(14(9)28-2)30-17-13(24)12(23)15(11(5-20)31-17)32-18-16(25)19(26,6-21)7-29-18/h3-4,11-13,15-18,20-26H,5-7H2,1-2H3/t11-,12-,13-,15-,16+,17+,18-,19-/m1/s1. The Labute approximate surface area is 182 Å². The lowest BCUT2D eigenvalue weighted by molar-refractivity contribution is -0.313. The lowest BCUT2D eigenvalue weighted by atomic mass is 9.98. The number of benzene rings is 1. The Morgan fingerprint density at radius 2 is 1.72 bits per heavy atom. The Morgan fingerprint density at radius 3 is 2.28 bits per heavy atom. The fraction of sp³-hybridized carbons (Fsp3) is 0.684. The molecule has 3 rings (SSSR count). The van der Waals surface area contributed by atoms with E-state index in [0.29, 0.717) is 0 Å². The molecular weight excluding hydrogens is 436 g/mol. The summed E-state index contributed by atoms with van der Waals surface area (Å²) in [7, 11) is 2.67. The second-order valence-corrected chi connectivity index (χ2v) is 7.49. The summed E-state index contributed by atoms with van der Waals surface area (Å²) >= 11 is 0. The van der Waals surface area contributed by atoms with Gasteiger partial charge >= 0.3 is 0 Å². The molecule has 7 N–H and O–H groups in total. The molecule has 2 aliphatic heterocycles. The molecule has 2 fully saturated rings. The molecule has 32 heavy (non-hydrogen) atoms. The number of phenols is 1. The molecule has 0 spiro atoms. The van der Waals surface area contributed by atoms with E-state index in [4.69, 9.17) is 28.4 Å². The minimum absolute atomic E-state index is 0.0702. The third-order valence-corrected chi connectivity index (χ3v) is 5.36. The van der Waals surface area contributed by atoms with Gasteiger partial charge in [-0.2, -0.15) is 0 Å². The van der Waals surface area contributed by atoms with Crippen LogP contribution in [0.15, 0.2) is 12.1 Å². The van der Waals surface area contributed by atoms with E-state index < -0.39 is 68.5 Å². The highest BCUT2D eigenvalue weighted by molar-refractivity contribution is 5.55. The number of hydrogen-bond acceptors (Lipinski definition) is 13. The highest BCUT2D eigenvalue weighted by Gasteiger charge is 2.53. The Hall–Kier alpha value is -1.94. The summed E-state index contributed by atoms with van der Waals surface area (Å²) in [6.45, 7) is -1.91. The van der Waals surface area contributed by atoms with Crippen molar-refractivity contribution in [1.82, 2.24) is 0 Å². The maximum atomic E-state index is 10.6. The first-order chi connectivity index (χ1) is 15.2. The van der Waals surface area contributed by atoms with Crippen molar-refractivity contribution in [3.8, 4) is 23.0 Å². The average Bonchev–Trinajstić information content (AvgIpc) is 3.07. The molecule has 0 saturated carbocycles. The highest BCUT2D eigenvalue weighted by atomic mass is 16.7. The Balaban J connectivity index is 1.77. The molecule has 13 nitrogen and oxygen atoms in total. The molecule has 2 aliphatic rings. The fourth-order valence-electron chi connectivity index (χ4n) is 3.51. The van der Waals surface area contributed by atoms with E-state index in [2.05, 4.69) is 0 Å². The van der Waals surface area contributed by atoms with Crippen LogP contribution in [0.4, 0.5) is 0 Å². The van der Waals surface area contributed by atoms with E-state index in [-0.39, 0.29) is 23.0 Å². The van der Waals surface area contributed by atoms with Crippen molar-refractivity contribution in [2.45, 2.75) is 48.7 Å². The predicted molar refractivity (Wildman–Crippen MR) is 102 cm³/mol. The van der Waals surface area contributed by atoms with Crippen molar-refractivity contribution in [3.05, 3.63) is 12.1 Å². The molecule has 8 atom stereocenters. The smallest absolute Gasteiger partial charge is 0.229 e. The van der Waals surface area contributed by atoms with Gasteiger partial charge in [-0.25, -0.2) is 0 Å². The molecule has 2 saturated heterocycles. The maximum absolute atomic E-state index is 10.6. The van der Waals surface area contributed by atoms with Gasteiger partial charge in [0.25, 0.3) is 0 Å². The first kappa shape index (κ1) is 24.7. The summed E-state index contributed by atoms with van der Waals surface area (Å²) in [4.78, 5) is 0. The molecule has 1 aromatic rings. The second-order valence-electron chi connectivity index (χ2n) is 7.49. The van der Waals surface area contributed by atoms with Gasteiger partial charge in [0.2, 0.25) is 12.0 Å². The van der Waals surface area contributed by atoms with Crippen LogP contribution in [0, 0.1) is 0 Å². The minimum atomic E-state index is -1.96. The Bertz CT molecular complexity index is 774. The summed E-state index contributed by atoms with van der Waals surface area (Å²) < 4.78 is 32.1. The summed E-state index contributed by atoms with van der Waals surface area (Å²) in [5.41, 5.74) is -1.96. The monoisotopic (exact) mass is 464 g/mol. The van der Waals surface area contributed by atoms with Crippen LogP contribution in [0.3, 0.4) is 0 Å². The molecular formula is C19H28O13. The lowest BCUT2D eigenvalue weighted by Gasteiger charge is -2.42. The molecule has 0 aromatic heterocycles. The second kappa shape index (κ2) is 9.91. The van der Waals surface area contributed by atoms with Crippen molar-refractivity contribution in [2.75, 3.05) is 34.0 Å². The number of aromatic hydroxyl groups is 1. The van der Waals surface area contributed by atoms with Gasteiger partial charge in [-0.3, -0.25) is 0 Å². The largest absolute Gasteiger partial charge is 0.508 e. The summed E-state index contributed by atoms with van der Waals surface area (Å²) in [5.74, 6) is -0.0799. The van der Waals surface area contributed by atoms with Crippen molar-refractivity contribution in [3.63, 3.8) is 0 Å². The van der Waals surface area contributed by atoms with Gasteiger partial charge in [0.1, 0.15) is 41.9 Å². The van der Waals surface area contributed by atoms with Gasteiger partial charge in [-0.05, 0) is 0 Å². The van der Waals surface area contributed by atoms with Crippen molar-refractivity contribution in [2.24, 2.45) is 0 Å². The number of phenolic OH excluding ortho intramolecular Hbond substituents is 1. The van der Waals surface area contributed by atoms with Crippen LogP contribution < -0.4 is 14.2 Å². The predicted octanol–water partition coefficient (Wildman–Crippen LogP) is -2.95. The van der Waals surface area contributed by atoms with Gasteiger partial charge in [0.15, 0.2) is 17.8 Å². The number of methoxy groups -OCH3 is 2. The summed E-state index contributed by atoms with van der Waals surface area (Å²) in [6, 6.07) is 2.46. The lowest BCUT2D eigenvalue weighted by Crippen LogP contribution is -2.62. The SMILES string of the molecule is COc1cc(O)cc(O[C@H]2O[C@H](CO)[C@@H](O[C@H]3OC[C@](O)(CO)[C@H]3O)[C@H](O)[C@H]2O)c1OC.